The van der Waals surface area contributed by atoms with Crippen LogP contribution in [0.15, 0.2) is 24.3 Å². The second-order valence-corrected chi connectivity index (χ2v) is 3.33. The number of unbranched alkanes of at least 4 members (excludes halogenated alkanes) is 1. The van der Waals surface area contributed by atoms with Crippen LogP contribution in [0.1, 0.15) is 33.6 Å². The Kier molecular flexibility index (Phi) is 13.3. The van der Waals surface area contributed by atoms with Gasteiger partial charge in [0.15, 0.2) is 0 Å². The topological polar surface area (TPSA) is 55.8 Å². The lowest BCUT2D eigenvalue weighted by Gasteiger charge is -2.10. The molecule has 0 saturated heterocycles. The molecule has 4 nitrogen and oxygen atoms in total. The molecule has 0 aliphatic rings. The summed E-state index contributed by atoms with van der Waals surface area (Å²) in [4.78, 5) is 8.36. The number of benzene rings is 1. The highest BCUT2D eigenvalue weighted by atomic mass is 19.4. The van der Waals surface area contributed by atoms with Crippen molar-refractivity contribution < 1.29 is 32.5 Å². The maximum atomic E-state index is 11.9. The van der Waals surface area contributed by atoms with Crippen molar-refractivity contribution in [2.24, 2.45) is 0 Å². The van der Waals surface area contributed by atoms with E-state index in [1.807, 2.05) is 20.8 Å². The van der Waals surface area contributed by atoms with E-state index >= 15 is 0 Å². The minimum Gasteiger partial charge on any atom is -0.493 e. The lowest BCUT2D eigenvalue weighted by atomic mass is 10.3. The van der Waals surface area contributed by atoms with Crippen molar-refractivity contribution in [2.45, 2.75) is 40.0 Å². The van der Waals surface area contributed by atoms with E-state index in [2.05, 4.69) is 4.74 Å². The van der Waals surface area contributed by atoms with Crippen LogP contribution in [0.4, 0.5) is 13.2 Å². The summed E-state index contributed by atoms with van der Waals surface area (Å²) in [7, 11) is 0. The monoisotopic (exact) mass is 310 g/mol. The van der Waals surface area contributed by atoms with Crippen molar-refractivity contribution >= 4 is 6.47 Å². The average molecular weight is 310 g/mol. The Bertz CT molecular complexity index is 367. The lowest BCUT2D eigenvalue weighted by molar-refractivity contribution is -0.274. The Hall–Kier alpha value is -1.92. The van der Waals surface area contributed by atoms with Gasteiger partial charge in [-0.1, -0.05) is 33.3 Å². The molecule has 0 aliphatic heterocycles. The molecule has 1 N–H and O–H groups in total. The molecule has 0 fully saturated rings. The normalized spacial score (nSPS) is 9.43. The predicted octanol–water partition coefficient (Wildman–Crippen LogP) is 4.49. The summed E-state index contributed by atoms with van der Waals surface area (Å²) in [6, 6.07) is 5.52. The molecule has 0 radical (unpaired) electrons. The molecule has 7 heteroatoms. The van der Waals surface area contributed by atoms with Crippen molar-refractivity contribution in [1.29, 1.82) is 0 Å². The molecule has 21 heavy (non-hydrogen) atoms. The predicted molar refractivity (Wildman–Crippen MR) is 73.6 cm³/mol. The third kappa shape index (κ3) is 14.3. The van der Waals surface area contributed by atoms with Gasteiger partial charge < -0.3 is 14.6 Å². The number of carboxylic acid groups (broad SMARTS) is 1. The molecule has 0 aliphatic carbocycles. The van der Waals surface area contributed by atoms with Crippen LogP contribution in [-0.4, -0.2) is 24.5 Å². The average Bonchev–Trinajstić information content (AvgIpc) is 2.41. The van der Waals surface area contributed by atoms with E-state index in [0.717, 1.165) is 12.8 Å². The first-order chi connectivity index (χ1) is 9.92. The van der Waals surface area contributed by atoms with E-state index in [-0.39, 0.29) is 12.2 Å². The van der Waals surface area contributed by atoms with Crippen LogP contribution < -0.4 is 9.47 Å². The van der Waals surface area contributed by atoms with Crippen molar-refractivity contribution in [2.75, 3.05) is 6.61 Å². The van der Waals surface area contributed by atoms with Gasteiger partial charge in [-0.05, 0) is 18.6 Å². The van der Waals surface area contributed by atoms with Gasteiger partial charge in [-0.2, -0.15) is 0 Å². The highest BCUT2D eigenvalue weighted by Gasteiger charge is 2.31. The summed E-state index contributed by atoms with van der Waals surface area (Å²) in [5, 5.41) is 6.89. The van der Waals surface area contributed by atoms with Crippen LogP contribution in [0.3, 0.4) is 0 Å². The Labute approximate surface area is 122 Å². The van der Waals surface area contributed by atoms with Crippen LogP contribution in [0.25, 0.3) is 0 Å². The Morgan fingerprint density at radius 1 is 1.24 bits per heavy atom. The SMILES string of the molecule is CC.CCCCOc1cccc(OC(F)(F)F)c1.O=CO. The van der Waals surface area contributed by atoms with Crippen molar-refractivity contribution in [1.82, 2.24) is 0 Å². The standard InChI is InChI=1S/C11H13F3O2.C2H6.CH2O2/c1-2-3-7-15-9-5-4-6-10(8-9)16-11(12,13)14;1-2;2-1-3/h4-6,8H,2-3,7H2,1H3;1-2H3;1H,(H,2,3). The van der Waals surface area contributed by atoms with Gasteiger partial charge in [-0.25, -0.2) is 0 Å². The fourth-order valence-corrected chi connectivity index (χ4v) is 1.10. The zero-order valence-corrected chi connectivity index (χ0v) is 12.3. The quantitative estimate of drug-likeness (QED) is 0.643. The molecule has 1 rings (SSSR count). The van der Waals surface area contributed by atoms with Crippen LogP contribution in [0.2, 0.25) is 0 Å². The molecule has 0 aromatic heterocycles. The molecule has 0 atom stereocenters. The van der Waals surface area contributed by atoms with Crippen molar-refractivity contribution in [3.63, 3.8) is 0 Å². The number of hydrogen-bond acceptors (Lipinski definition) is 3. The van der Waals surface area contributed by atoms with Gasteiger partial charge in [0.25, 0.3) is 6.47 Å². The smallest absolute Gasteiger partial charge is 0.493 e. The molecule has 0 bridgehead atoms. The van der Waals surface area contributed by atoms with E-state index in [0.29, 0.717) is 12.4 Å². The summed E-state index contributed by atoms with van der Waals surface area (Å²) in [6.07, 6.45) is -2.83. The summed E-state index contributed by atoms with van der Waals surface area (Å²) >= 11 is 0. The molecule has 1 aromatic rings. The second kappa shape index (κ2) is 13.1. The third-order valence-electron chi connectivity index (χ3n) is 1.81. The molecule has 0 amide bonds. The third-order valence-corrected chi connectivity index (χ3v) is 1.81. The molecule has 122 valence electrons. The van der Waals surface area contributed by atoms with Gasteiger partial charge in [-0.15, -0.1) is 13.2 Å². The van der Waals surface area contributed by atoms with Crippen LogP contribution >= 0.6 is 0 Å². The second-order valence-electron chi connectivity index (χ2n) is 3.33. The Balaban J connectivity index is 0. The lowest BCUT2D eigenvalue weighted by Crippen LogP contribution is -2.17. The maximum absolute atomic E-state index is 11.9. The van der Waals surface area contributed by atoms with Crippen LogP contribution in [0, 0.1) is 0 Å². The number of halogens is 3. The summed E-state index contributed by atoms with van der Waals surface area (Å²) in [5.41, 5.74) is 0. The van der Waals surface area contributed by atoms with E-state index < -0.39 is 6.36 Å². The number of carbonyl (C=O) groups is 1. The van der Waals surface area contributed by atoms with E-state index in [4.69, 9.17) is 14.6 Å². The van der Waals surface area contributed by atoms with Gasteiger partial charge in [0, 0.05) is 6.07 Å². The number of alkyl halides is 3. The molecule has 0 heterocycles. The highest BCUT2D eigenvalue weighted by Crippen LogP contribution is 2.26. The van der Waals surface area contributed by atoms with Crippen molar-refractivity contribution in [3.05, 3.63) is 24.3 Å². The van der Waals surface area contributed by atoms with Gasteiger partial charge in [0.1, 0.15) is 11.5 Å². The van der Waals surface area contributed by atoms with Crippen LogP contribution in [-0.2, 0) is 4.79 Å². The molecule has 0 unspecified atom stereocenters. The number of ether oxygens (including phenoxy) is 2. The van der Waals surface area contributed by atoms with E-state index in [9.17, 15) is 13.2 Å². The zero-order valence-electron chi connectivity index (χ0n) is 12.3. The van der Waals surface area contributed by atoms with Crippen LogP contribution in [0.5, 0.6) is 11.5 Å². The molecular formula is C14H21F3O4. The minimum absolute atomic E-state index is 0.250. The van der Waals surface area contributed by atoms with Crippen molar-refractivity contribution in [3.8, 4) is 11.5 Å². The largest absolute Gasteiger partial charge is 0.573 e. The number of rotatable bonds is 5. The maximum Gasteiger partial charge on any atom is 0.573 e. The first kappa shape index (κ1) is 21.4. The first-order valence-electron chi connectivity index (χ1n) is 6.49. The van der Waals surface area contributed by atoms with Gasteiger partial charge in [0.05, 0.1) is 6.61 Å². The van der Waals surface area contributed by atoms with E-state index in [1.54, 1.807) is 6.07 Å². The number of hydrogen-bond donors (Lipinski definition) is 1. The molecule has 0 saturated carbocycles. The van der Waals surface area contributed by atoms with Gasteiger partial charge in [-0.3, -0.25) is 4.79 Å². The van der Waals surface area contributed by atoms with E-state index in [1.165, 1.54) is 18.2 Å². The summed E-state index contributed by atoms with van der Waals surface area (Å²) in [6.45, 7) is 6.25. The Morgan fingerprint density at radius 2 is 1.76 bits per heavy atom. The molecule has 1 aromatic carbocycles. The van der Waals surface area contributed by atoms with Gasteiger partial charge in [0.2, 0.25) is 0 Å². The minimum atomic E-state index is -4.66. The molecule has 0 spiro atoms. The summed E-state index contributed by atoms with van der Waals surface area (Å²) < 4.78 is 44.8. The highest BCUT2D eigenvalue weighted by molar-refractivity contribution is 5.33. The fraction of sp³-hybridized carbons (Fsp3) is 0.500. The molecular weight excluding hydrogens is 289 g/mol. The van der Waals surface area contributed by atoms with Gasteiger partial charge >= 0.3 is 6.36 Å². The Morgan fingerprint density at radius 3 is 2.24 bits per heavy atom. The summed E-state index contributed by atoms with van der Waals surface area (Å²) in [5.74, 6) is 0.122. The zero-order chi connectivity index (χ0) is 16.7. The first-order valence-corrected chi connectivity index (χ1v) is 6.49. The fourth-order valence-electron chi connectivity index (χ4n) is 1.10.